The molecule has 31 heavy (non-hydrogen) atoms. The maximum atomic E-state index is 11.0. The Hall–Kier alpha value is -3.19. The van der Waals surface area contributed by atoms with Crippen LogP contribution in [0.3, 0.4) is 0 Å². The molecular weight excluding hydrogens is 395 g/mol. The Kier molecular flexibility index (Phi) is 9.71. The number of ether oxygens (including phenoxy) is 1. The van der Waals surface area contributed by atoms with E-state index in [-0.39, 0.29) is 6.10 Å². The first-order chi connectivity index (χ1) is 14.8. The van der Waals surface area contributed by atoms with Gasteiger partial charge in [0.05, 0.1) is 18.4 Å². The summed E-state index contributed by atoms with van der Waals surface area (Å²) in [5.41, 5.74) is 1.70. The van der Waals surface area contributed by atoms with Crippen molar-refractivity contribution in [3.05, 3.63) is 72.4 Å². The molecule has 0 saturated heterocycles. The Morgan fingerprint density at radius 1 is 1.00 bits per heavy atom. The first-order valence-electron chi connectivity index (χ1n) is 10.3. The summed E-state index contributed by atoms with van der Waals surface area (Å²) in [4.78, 5) is 8.68. The average Bonchev–Trinajstić information content (AvgIpc) is 2.72. The summed E-state index contributed by atoms with van der Waals surface area (Å²) in [6.45, 7) is 7.34. The number of halogens is 1. The molecule has 1 aromatic heterocycles. The fourth-order valence-electron chi connectivity index (χ4n) is 2.56. The number of rotatable bonds is 8. The van der Waals surface area contributed by atoms with Crippen LogP contribution in [0.1, 0.15) is 39.4 Å². The lowest BCUT2D eigenvalue weighted by molar-refractivity contribution is 0.191. The summed E-state index contributed by atoms with van der Waals surface area (Å²) < 4.78 is 16.7. The molecule has 0 bridgehead atoms. The Morgan fingerprint density at radius 3 is 2.39 bits per heavy atom. The fourth-order valence-corrected chi connectivity index (χ4v) is 2.56. The topological polar surface area (TPSA) is 79.3 Å². The van der Waals surface area contributed by atoms with Crippen LogP contribution in [0.4, 0.5) is 21.8 Å². The molecule has 0 radical (unpaired) electrons. The van der Waals surface area contributed by atoms with E-state index in [0.29, 0.717) is 18.3 Å². The molecule has 7 heteroatoms. The van der Waals surface area contributed by atoms with Crippen molar-refractivity contribution < 1.29 is 14.2 Å². The molecular formula is C24H31FN4O2. The third kappa shape index (κ3) is 9.44. The van der Waals surface area contributed by atoms with Gasteiger partial charge in [0.2, 0.25) is 5.95 Å². The van der Waals surface area contributed by atoms with Gasteiger partial charge in [0.1, 0.15) is 11.6 Å². The van der Waals surface area contributed by atoms with E-state index in [1.165, 1.54) is 13.8 Å². The largest absolute Gasteiger partial charge is 0.491 e. The summed E-state index contributed by atoms with van der Waals surface area (Å²) >= 11 is 0. The van der Waals surface area contributed by atoms with E-state index in [9.17, 15) is 9.50 Å². The number of alkyl halides is 1. The fraction of sp³-hybridized carbons (Fsp3) is 0.333. The molecule has 0 aliphatic heterocycles. The first kappa shape index (κ1) is 24.1. The molecule has 0 fully saturated rings. The average molecular weight is 427 g/mol. The second-order valence-corrected chi connectivity index (χ2v) is 7.41. The lowest BCUT2D eigenvalue weighted by Gasteiger charge is -2.14. The SMILES string of the molecule is CC(C)F.CC(C)Oc1cccc(Nc2nccc(NCC(O)c3ccccc3)n2)c1. The van der Waals surface area contributed by atoms with Gasteiger partial charge in [-0.3, -0.25) is 0 Å². The van der Waals surface area contributed by atoms with Gasteiger partial charge in [-0.25, -0.2) is 9.37 Å². The zero-order valence-electron chi connectivity index (χ0n) is 18.4. The lowest BCUT2D eigenvalue weighted by Crippen LogP contribution is -2.13. The van der Waals surface area contributed by atoms with Gasteiger partial charge in [0.15, 0.2) is 0 Å². The van der Waals surface area contributed by atoms with Gasteiger partial charge in [-0.1, -0.05) is 36.4 Å². The van der Waals surface area contributed by atoms with Crippen LogP contribution in [0.2, 0.25) is 0 Å². The number of anilines is 3. The van der Waals surface area contributed by atoms with Gasteiger partial charge in [0.25, 0.3) is 0 Å². The standard InChI is InChI=1S/C21H24N4O2.C3H7F/c1-15(2)27-18-10-6-9-17(13-18)24-21-22-12-11-20(25-21)23-14-19(26)16-7-4-3-5-8-16;1-3(2)4/h3-13,15,19,26H,14H2,1-2H3,(H2,22,23,24,25);3H,1-2H3. The molecule has 0 aliphatic carbocycles. The number of nitrogens with zero attached hydrogens (tertiary/aromatic N) is 2. The smallest absolute Gasteiger partial charge is 0.229 e. The van der Waals surface area contributed by atoms with Crippen LogP contribution in [-0.4, -0.2) is 33.9 Å². The summed E-state index contributed by atoms with van der Waals surface area (Å²) in [7, 11) is 0. The van der Waals surface area contributed by atoms with Crippen LogP contribution in [0.5, 0.6) is 5.75 Å². The van der Waals surface area contributed by atoms with E-state index >= 15 is 0 Å². The van der Waals surface area contributed by atoms with Crippen molar-refractivity contribution in [3.63, 3.8) is 0 Å². The second-order valence-electron chi connectivity index (χ2n) is 7.41. The maximum absolute atomic E-state index is 11.0. The number of nitrogens with one attached hydrogen (secondary N) is 2. The Balaban J connectivity index is 0.000000785. The van der Waals surface area contributed by atoms with Gasteiger partial charge < -0.3 is 20.5 Å². The van der Waals surface area contributed by atoms with E-state index < -0.39 is 12.3 Å². The van der Waals surface area contributed by atoms with Crippen LogP contribution in [0.25, 0.3) is 0 Å². The number of hydrogen-bond donors (Lipinski definition) is 3. The molecule has 6 nitrogen and oxygen atoms in total. The van der Waals surface area contributed by atoms with Crippen molar-refractivity contribution in [2.45, 2.75) is 46.1 Å². The molecule has 3 N–H and O–H groups in total. The Bertz CT molecular complexity index is 904. The molecule has 0 amide bonds. The minimum atomic E-state index is -0.667. The zero-order chi connectivity index (χ0) is 22.6. The molecule has 0 spiro atoms. The minimum absolute atomic E-state index is 0.111. The monoisotopic (exact) mass is 426 g/mol. The van der Waals surface area contributed by atoms with Crippen LogP contribution in [0.15, 0.2) is 66.9 Å². The molecule has 1 atom stereocenters. The van der Waals surface area contributed by atoms with Crippen molar-refractivity contribution in [2.24, 2.45) is 0 Å². The lowest BCUT2D eigenvalue weighted by atomic mass is 10.1. The molecule has 2 aromatic carbocycles. The number of aliphatic hydroxyl groups is 1. The van der Waals surface area contributed by atoms with Crippen molar-refractivity contribution in [2.75, 3.05) is 17.2 Å². The molecule has 0 saturated carbocycles. The molecule has 1 heterocycles. The molecule has 0 aliphatic rings. The van der Waals surface area contributed by atoms with Gasteiger partial charge in [-0.05, 0) is 51.5 Å². The van der Waals surface area contributed by atoms with Crippen molar-refractivity contribution >= 4 is 17.5 Å². The Labute approximate surface area is 183 Å². The highest BCUT2D eigenvalue weighted by molar-refractivity contribution is 5.57. The van der Waals surface area contributed by atoms with Crippen LogP contribution in [0, 0.1) is 0 Å². The minimum Gasteiger partial charge on any atom is -0.491 e. The normalized spacial score (nSPS) is 11.5. The van der Waals surface area contributed by atoms with Gasteiger partial charge in [-0.15, -0.1) is 0 Å². The van der Waals surface area contributed by atoms with E-state index in [0.717, 1.165) is 17.0 Å². The highest BCUT2D eigenvalue weighted by Gasteiger charge is 2.08. The summed E-state index contributed by atoms with van der Waals surface area (Å²) in [6, 6.07) is 18.9. The summed E-state index contributed by atoms with van der Waals surface area (Å²) in [5, 5.41) is 16.6. The highest BCUT2D eigenvalue weighted by atomic mass is 19.1. The van der Waals surface area contributed by atoms with Crippen LogP contribution < -0.4 is 15.4 Å². The van der Waals surface area contributed by atoms with Crippen LogP contribution in [-0.2, 0) is 0 Å². The van der Waals surface area contributed by atoms with E-state index in [4.69, 9.17) is 4.74 Å². The molecule has 3 rings (SSSR count). The summed E-state index contributed by atoms with van der Waals surface area (Å²) in [5.74, 6) is 1.89. The van der Waals surface area contributed by atoms with E-state index in [1.807, 2.05) is 68.4 Å². The molecule has 3 aromatic rings. The number of aliphatic hydroxyl groups excluding tert-OH is 1. The Morgan fingerprint density at radius 2 is 1.71 bits per heavy atom. The van der Waals surface area contributed by atoms with Gasteiger partial charge in [0, 0.05) is 24.5 Å². The maximum Gasteiger partial charge on any atom is 0.229 e. The third-order valence-corrected chi connectivity index (χ3v) is 3.78. The number of benzene rings is 2. The predicted molar refractivity (Wildman–Crippen MR) is 124 cm³/mol. The predicted octanol–water partition coefficient (Wildman–Crippen LogP) is 5.52. The molecule has 166 valence electrons. The van der Waals surface area contributed by atoms with Crippen molar-refractivity contribution in [1.82, 2.24) is 9.97 Å². The van der Waals surface area contributed by atoms with E-state index in [2.05, 4.69) is 20.6 Å². The third-order valence-electron chi connectivity index (χ3n) is 3.78. The second kappa shape index (κ2) is 12.5. The highest BCUT2D eigenvalue weighted by Crippen LogP contribution is 2.21. The van der Waals surface area contributed by atoms with E-state index in [1.54, 1.807) is 12.3 Å². The number of hydrogen-bond acceptors (Lipinski definition) is 6. The molecule has 1 unspecified atom stereocenters. The first-order valence-corrected chi connectivity index (χ1v) is 10.3. The van der Waals surface area contributed by atoms with Crippen LogP contribution >= 0.6 is 0 Å². The van der Waals surface area contributed by atoms with Crippen molar-refractivity contribution in [1.29, 1.82) is 0 Å². The summed E-state index contributed by atoms with van der Waals surface area (Å²) in [6.07, 6.45) is 0.503. The van der Waals surface area contributed by atoms with Gasteiger partial charge in [-0.2, -0.15) is 4.98 Å². The van der Waals surface area contributed by atoms with Crippen molar-refractivity contribution in [3.8, 4) is 5.75 Å². The van der Waals surface area contributed by atoms with Gasteiger partial charge >= 0.3 is 0 Å². The number of aromatic nitrogens is 2. The zero-order valence-corrected chi connectivity index (χ0v) is 18.4. The quantitative estimate of drug-likeness (QED) is 0.440.